The van der Waals surface area contributed by atoms with Gasteiger partial charge < -0.3 is 15.0 Å². The number of hydrogen-bond donors (Lipinski definition) is 1. The molecular formula is C29H29F2N3O2. The molecule has 2 heterocycles. The van der Waals surface area contributed by atoms with Crippen molar-refractivity contribution in [3.05, 3.63) is 88.7 Å². The molecule has 186 valence electrons. The summed E-state index contributed by atoms with van der Waals surface area (Å²) in [6.07, 6.45) is 5.53. The van der Waals surface area contributed by atoms with Gasteiger partial charge in [0, 0.05) is 24.7 Å². The second-order valence-electron chi connectivity index (χ2n) is 10.2. The number of aromatic nitrogens is 1. The first-order chi connectivity index (χ1) is 17.5. The summed E-state index contributed by atoms with van der Waals surface area (Å²) in [6, 6.07) is 14.5. The monoisotopic (exact) mass is 489 g/mol. The van der Waals surface area contributed by atoms with Crippen LogP contribution in [0.2, 0.25) is 0 Å². The van der Waals surface area contributed by atoms with Crippen molar-refractivity contribution in [2.75, 3.05) is 13.1 Å². The van der Waals surface area contributed by atoms with Crippen molar-refractivity contribution in [1.29, 1.82) is 0 Å². The highest BCUT2D eigenvalue weighted by molar-refractivity contribution is 5.97. The van der Waals surface area contributed by atoms with Crippen LogP contribution in [0.4, 0.5) is 8.78 Å². The first kappa shape index (κ1) is 23.1. The minimum Gasteiger partial charge on any atom is -0.454 e. The molecule has 1 atom stereocenters. The van der Waals surface area contributed by atoms with Crippen LogP contribution in [0, 0.1) is 23.5 Å². The number of ether oxygens (including phenoxy) is 1. The lowest BCUT2D eigenvalue weighted by molar-refractivity contribution is 0.0627. The number of carbonyl (C=O) groups excluding carboxylic acids is 1. The number of pyridine rings is 1. The van der Waals surface area contributed by atoms with Crippen molar-refractivity contribution in [2.24, 2.45) is 11.8 Å². The first-order valence-corrected chi connectivity index (χ1v) is 12.8. The fourth-order valence-electron chi connectivity index (χ4n) is 5.04. The Morgan fingerprint density at radius 2 is 1.92 bits per heavy atom. The van der Waals surface area contributed by atoms with E-state index in [-0.39, 0.29) is 17.7 Å². The van der Waals surface area contributed by atoms with E-state index in [0.717, 1.165) is 67.4 Å². The molecule has 3 aromatic rings. The molecule has 5 nitrogen and oxygen atoms in total. The fourth-order valence-corrected chi connectivity index (χ4v) is 5.04. The molecular weight excluding hydrogens is 460 g/mol. The summed E-state index contributed by atoms with van der Waals surface area (Å²) < 4.78 is 33.0. The highest BCUT2D eigenvalue weighted by atomic mass is 19.1. The quantitative estimate of drug-likeness (QED) is 0.413. The van der Waals surface area contributed by atoms with Gasteiger partial charge in [0.25, 0.3) is 5.91 Å². The SMILES string of the molecule is O=C1c2cc(Oc3ccc(F)cc3F)ccc2CCN1[C@@H](c1cccc(CNCC2CC2)n1)C1CC1. The number of nitrogens with one attached hydrogen (secondary N) is 1. The lowest BCUT2D eigenvalue weighted by atomic mass is 9.95. The van der Waals surface area contributed by atoms with Crippen LogP contribution in [0.1, 0.15) is 59.0 Å². The molecule has 2 saturated carbocycles. The average Bonchev–Trinajstić information content (AvgIpc) is 3.79. The third kappa shape index (κ3) is 4.98. The third-order valence-corrected chi connectivity index (χ3v) is 7.29. The molecule has 2 aliphatic carbocycles. The zero-order chi connectivity index (χ0) is 24.6. The molecule has 0 unspecified atom stereocenters. The van der Waals surface area contributed by atoms with Crippen LogP contribution in [0.15, 0.2) is 54.6 Å². The average molecular weight is 490 g/mol. The van der Waals surface area contributed by atoms with Gasteiger partial charge in [-0.3, -0.25) is 9.78 Å². The Bertz CT molecular complexity index is 1290. The number of rotatable bonds is 9. The van der Waals surface area contributed by atoms with E-state index in [1.165, 1.54) is 18.9 Å². The Morgan fingerprint density at radius 3 is 2.69 bits per heavy atom. The van der Waals surface area contributed by atoms with Crippen molar-refractivity contribution in [2.45, 2.75) is 44.7 Å². The van der Waals surface area contributed by atoms with E-state index in [0.29, 0.717) is 23.8 Å². The third-order valence-electron chi connectivity index (χ3n) is 7.29. The summed E-state index contributed by atoms with van der Waals surface area (Å²) in [5.41, 5.74) is 3.46. The molecule has 7 heteroatoms. The van der Waals surface area contributed by atoms with Crippen LogP contribution in [0.5, 0.6) is 11.5 Å². The summed E-state index contributed by atoms with van der Waals surface area (Å²) >= 11 is 0. The lowest BCUT2D eigenvalue weighted by Gasteiger charge is -2.36. The predicted octanol–water partition coefficient (Wildman–Crippen LogP) is 5.80. The van der Waals surface area contributed by atoms with Crippen molar-refractivity contribution in [1.82, 2.24) is 15.2 Å². The molecule has 3 aliphatic rings. The molecule has 1 aliphatic heterocycles. The van der Waals surface area contributed by atoms with Crippen LogP contribution in [-0.4, -0.2) is 28.9 Å². The number of amides is 1. The molecule has 0 saturated heterocycles. The molecule has 6 rings (SSSR count). The Labute approximate surface area is 209 Å². The second kappa shape index (κ2) is 9.62. The maximum atomic E-state index is 14.1. The van der Waals surface area contributed by atoms with Crippen LogP contribution in [0.3, 0.4) is 0 Å². The number of benzene rings is 2. The predicted molar refractivity (Wildman–Crippen MR) is 132 cm³/mol. The van der Waals surface area contributed by atoms with Gasteiger partial charge in [-0.1, -0.05) is 12.1 Å². The van der Waals surface area contributed by atoms with E-state index >= 15 is 0 Å². The van der Waals surface area contributed by atoms with E-state index in [1.54, 1.807) is 12.1 Å². The van der Waals surface area contributed by atoms with E-state index in [1.807, 2.05) is 29.2 Å². The van der Waals surface area contributed by atoms with Gasteiger partial charge in [0.2, 0.25) is 0 Å². The molecule has 1 amide bonds. The van der Waals surface area contributed by atoms with Crippen LogP contribution in [0.25, 0.3) is 0 Å². The first-order valence-electron chi connectivity index (χ1n) is 12.8. The maximum Gasteiger partial charge on any atom is 0.254 e. The van der Waals surface area contributed by atoms with Crippen LogP contribution >= 0.6 is 0 Å². The number of fused-ring (bicyclic) bond motifs is 1. The summed E-state index contributed by atoms with van der Waals surface area (Å²) in [6.45, 7) is 2.40. The van der Waals surface area contributed by atoms with Crippen molar-refractivity contribution < 1.29 is 18.3 Å². The van der Waals surface area contributed by atoms with Crippen molar-refractivity contribution in [3.63, 3.8) is 0 Å². The number of hydrogen-bond acceptors (Lipinski definition) is 4. The van der Waals surface area contributed by atoms with E-state index < -0.39 is 11.6 Å². The van der Waals surface area contributed by atoms with Gasteiger partial charge in [-0.05, 0) is 92.4 Å². The van der Waals surface area contributed by atoms with Crippen LogP contribution in [-0.2, 0) is 13.0 Å². The Balaban J connectivity index is 1.23. The number of nitrogens with zero attached hydrogens (tertiary/aromatic N) is 2. The van der Waals surface area contributed by atoms with Gasteiger partial charge in [0.05, 0.1) is 17.4 Å². The van der Waals surface area contributed by atoms with E-state index in [2.05, 4.69) is 5.32 Å². The number of carbonyl (C=O) groups is 1. The largest absolute Gasteiger partial charge is 0.454 e. The zero-order valence-corrected chi connectivity index (χ0v) is 20.1. The molecule has 1 N–H and O–H groups in total. The molecule has 0 radical (unpaired) electrons. The molecule has 0 bridgehead atoms. The van der Waals surface area contributed by atoms with Crippen molar-refractivity contribution in [3.8, 4) is 11.5 Å². The Hall–Kier alpha value is -3.32. The van der Waals surface area contributed by atoms with Gasteiger partial charge >= 0.3 is 0 Å². The topological polar surface area (TPSA) is 54.5 Å². The van der Waals surface area contributed by atoms with Gasteiger partial charge in [-0.15, -0.1) is 0 Å². The maximum absolute atomic E-state index is 14.1. The fraction of sp³-hybridized carbons (Fsp3) is 0.379. The van der Waals surface area contributed by atoms with Gasteiger partial charge in [-0.2, -0.15) is 0 Å². The Morgan fingerprint density at radius 1 is 1.06 bits per heavy atom. The molecule has 36 heavy (non-hydrogen) atoms. The molecule has 1 aromatic heterocycles. The lowest BCUT2D eigenvalue weighted by Crippen LogP contribution is -2.41. The minimum atomic E-state index is -0.785. The normalized spacial score (nSPS) is 18.2. The molecule has 0 spiro atoms. The highest BCUT2D eigenvalue weighted by Gasteiger charge is 2.41. The van der Waals surface area contributed by atoms with Gasteiger partial charge in [0.1, 0.15) is 11.6 Å². The molecule has 2 fully saturated rings. The Kier molecular flexibility index (Phi) is 6.17. The van der Waals surface area contributed by atoms with E-state index in [4.69, 9.17) is 9.72 Å². The second-order valence-corrected chi connectivity index (χ2v) is 10.2. The minimum absolute atomic E-state index is 0.0581. The number of halogens is 2. The standard InChI is InChI=1S/C29H29F2N3O2/c30-21-9-11-27(25(31)14-21)36-23-10-8-19-12-13-34(29(35)24(19)15-23)28(20-6-7-20)26-3-1-2-22(33-26)17-32-16-18-4-5-18/h1-3,8-11,14-15,18,20,28,32H,4-7,12-13,16-17H2/t28-/m1/s1. The van der Waals surface area contributed by atoms with Gasteiger partial charge in [-0.25, -0.2) is 8.78 Å². The zero-order valence-electron chi connectivity index (χ0n) is 20.1. The highest BCUT2D eigenvalue weighted by Crippen LogP contribution is 2.45. The summed E-state index contributed by atoms with van der Waals surface area (Å²) in [7, 11) is 0. The molecule has 2 aromatic carbocycles. The van der Waals surface area contributed by atoms with Crippen LogP contribution < -0.4 is 10.1 Å². The summed E-state index contributed by atoms with van der Waals surface area (Å²) in [5.74, 6) is -0.0249. The smallest absolute Gasteiger partial charge is 0.254 e. The van der Waals surface area contributed by atoms with Gasteiger partial charge in [0.15, 0.2) is 11.6 Å². The summed E-state index contributed by atoms with van der Waals surface area (Å²) in [5, 5.41) is 3.50. The summed E-state index contributed by atoms with van der Waals surface area (Å²) in [4.78, 5) is 20.6. The van der Waals surface area contributed by atoms with Crippen molar-refractivity contribution >= 4 is 5.91 Å². The van der Waals surface area contributed by atoms with E-state index in [9.17, 15) is 13.6 Å².